The molecule has 3 rings (SSSR count). The number of nitrogens with zero attached hydrogens (tertiary/aromatic N) is 3. The Morgan fingerprint density at radius 2 is 1.93 bits per heavy atom. The van der Waals surface area contributed by atoms with Crippen molar-refractivity contribution in [3.8, 4) is 0 Å². The fourth-order valence-electron chi connectivity index (χ4n) is 3.44. The average Bonchev–Trinajstić information content (AvgIpc) is 2.66. The van der Waals surface area contributed by atoms with Crippen LogP contribution in [0.1, 0.15) is 70.2 Å². The molecule has 1 saturated carbocycles. The molecular formula is C22H28FN3O2. The summed E-state index contributed by atoms with van der Waals surface area (Å²) in [6.45, 7) is 5.56. The molecular weight excluding hydrogens is 357 g/mol. The van der Waals surface area contributed by atoms with Crippen LogP contribution in [0.15, 0.2) is 36.7 Å². The SMILES string of the molecule is CC(C)(C)OC(=O)N(Cc1cnc(C2CCCCC2)cn1)c1cccc(F)c1. The molecule has 150 valence electrons. The summed E-state index contributed by atoms with van der Waals surface area (Å²) in [5, 5.41) is 0. The van der Waals surface area contributed by atoms with Gasteiger partial charge >= 0.3 is 6.09 Å². The van der Waals surface area contributed by atoms with Gasteiger partial charge in [-0.2, -0.15) is 0 Å². The molecule has 1 aliphatic carbocycles. The normalized spacial score (nSPS) is 15.3. The number of ether oxygens (including phenoxy) is 1. The van der Waals surface area contributed by atoms with E-state index in [2.05, 4.69) is 9.97 Å². The van der Waals surface area contributed by atoms with Gasteiger partial charge in [-0.3, -0.25) is 14.9 Å². The summed E-state index contributed by atoms with van der Waals surface area (Å²) < 4.78 is 19.2. The number of carbonyl (C=O) groups is 1. The number of hydrogen-bond acceptors (Lipinski definition) is 4. The second-order valence-corrected chi connectivity index (χ2v) is 8.31. The third-order valence-electron chi connectivity index (χ3n) is 4.80. The van der Waals surface area contributed by atoms with Gasteiger partial charge in [0.15, 0.2) is 0 Å². The maximum atomic E-state index is 13.7. The second-order valence-electron chi connectivity index (χ2n) is 8.31. The first-order chi connectivity index (χ1) is 13.3. The summed E-state index contributed by atoms with van der Waals surface area (Å²) in [6.07, 6.45) is 9.05. The molecule has 1 fully saturated rings. The van der Waals surface area contributed by atoms with E-state index in [0.717, 1.165) is 18.5 Å². The summed E-state index contributed by atoms with van der Waals surface area (Å²) in [7, 11) is 0. The van der Waals surface area contributed by atoms with Crippen molar-refractivity contribution in [1.29, 1.82) is 0 Å². The number of rotatable bonds is 4. The van der Waals surface area contributed by atoms with Gasteiger partial charge in [0.05, 0.1) is 29.8 Å². The average molecular weight is 385 g/mol. The van der Waals surface area contributed by atoms with E-state index in [-0.39, 0.29) is 6.54 Å². The number of anilines is 1. The molecule has 6 heteroatoms. The molecule has 0 spiro atoms. The van der Waals surface area contributed by atoms with Gasteiger partial charge < -0.3 is 4.74 Å². The lowest BCUT2D eigenvalue weighted by atomic mass is 9.87. The molecule has 0 aliphatic heterocycles. The highest BCUT2D eigenvalue weighted by molar-refractivity contribution is 5.87. The Balaban J connectivity index is 1.79. The maximum absolute atomic E-state index is 13.7. The van der Waals surface area contributed by atoms with Gasteiger partial charge in [-0.25, -0.2) is 9.18 Å². The number of hydrogen-bond donors (Lipinski definition) is 0. The predicted octanol–water partition coefficient (Wildman–Crippen LogP) is 5.61. The summed E-state index contributed by atoms with van der Waals surface area (Å²) >= 11 is 0. The molecule has 0 atom stereocenters. The minimum atomic E-state index is -0.654. The lowest BCUT2D eigenvalue weighted by molar-refractivity contribution is 0.0577. The van der Waals surface area contributed by atoms with E-state index < -0.39 is 17.5 Å². The number of benzene rings is 1. The number of amides is 1. The molecule has 28 heavy (non-hydrogen) atoms. The van der Waals surface area contributed by atoms with Crippen molar-refractivity contribution in [3.05, 3.63) is 53.9 Å². The van der Waals surface area contributed by atoms with Crippen LogP contribution in [0.4, 0.5) is 14.9 Å². The van der Waals surface area contributed by atoms with Crippen molar-refractivity contribution >= 4 is 11.8 Å². The van der Waals surface area contributed by atoms with Crippen molar-refractivity contribution in [2.24, 2.45) is 0 Å². The van der Waals surface area contributed by atoms with E-state index in [9.17, 15) is 9.18 Å². The number of carbonyl (C=O) groups excluding carboxylic acids is 1. The van der Waals surface area contributed by atoms with Crippen LogP contribution in [0, 0.1) is 5.82 Å². The van der Waals surface area contributed by atoms with E-state index in [1.54, 1.807) is 39.1 Å². The zero-order valence-corrected chi connectivity index (χ0v) is 16.8. The van der Waals surface area contributed by atoms with Gasteiger partial charge in [-0.05, 0) is 51.8 Å². The van der Waals surface area contributed by atoms with Crippen LogP contribution in [0.3, 0.4) is 0 Å². The second kappa shape index (κ2) is 8.67. The van der Waals surface area contributed by atoms with Crippen molar-refractivity contribution in [2.75, 3.05) is 4.90 Å². The number of aromatic nitrogens is 2. The Hall–Kier alpha value is -2.50. The largest absolute Gasteiger partial charge is 0.443 e. The van der Waals surface area contributed by atoms with Crippen LogP contribution in [0.25, 0.3) is 0 Å². The van der Waals surface area contributed by atoms with Gasteiger partial charge in [-0.15, -0.1) is 0 Å². The summed E-state index contributed by atoms with van der Waals surface area (Å²) in [4.78, 5) is 23.2. The lowest BCUT2D eigenvalue weighted by Crippen LogP contribution is -2.36. The Morgan fingerprint density at radius 3 is 2.54 bits per heavy atom. The molecule has 0 radical (unpaired) electrons. The topological polar surface area (TPSA) is 55.3 Å². The van der Waals surface area contributed by atoms with Crippen molar-refractivity contribution in [3.63, 3.8) is 0 Å². The molecule has 1 heterocycles. The van der Waals surface area contributed by atoms with E-state index in [4.69, 9.17) is 4.74 Å². The van der Waals surface area contributed by atoms with Crippen LogP contribution in [-0.4, -0.2) is 21.7 Å². The monoisotopic (exact) mass is 385 g/mol. The standard InChI is InChI=1S/C22H28FN3O2/c1-22(2,3)28-21(27)26(19-11-7-10-17(23)12-19)15-18-13-25-20(14-24-18)16-8-5-4-6-9-16/h7,10-14,16H,4-6,8-9,15H2,1-3H3. The Labute approximate surface area is 166 Å². The highest BCUT2D eigenvalue weighted by atomic mass is 19.1. The van der Waals surface area contributed by atoms with E-state index >= 15 is 0 Å². The minimum Gasteiger partial charge on any atom is -0.443 e. The molecule has 0 unspecified atom stereocenters. The predicted molar refractivity (Wildman–Crippen MR) is 107 cm³/mol. The molecule has 0 bridgehead atoms. The van der Waals surface area contributed by atoms with Crippen LogP contribution in [0.2, 0.25) is 0 Å². The van der Waals surface area contributed by atoms with Crippen LogP contribution < -0.4 is 4.90 Å². The van der Waals surface area contributed by atoms with Gasteiger partial charge in [-0.1, -0.05) is 25.3 Å². The molecule has 1 amide bonds. The first-order valence-corrected chi connectivity index (χ1v) is 9.89. The summed E-state index contributed by atoms with van der Waals surface area (Å²) in [6, 6.07) is 5.90. The zero-order valence-electron chi connectivity index (χ0n) is 16.8. The first kappa shape index (κ1) is 20.2. The molecule has 1 aromatic heterocycles. The Morgan fingerprint density at radius 1 is 1.18 bits per heavy atom. The molecule has 0 N–H and O–H groups in total. The van der Waals surface area contributed by atoms with Crippen molar-refractivity contribution < 1.29 is 13.9 Å². The first-order valence-electron chi connectivity index (χ1n) is 9.89. The third-order valence-corrected chi connectivity index (χ3v) is 4.80. The Kier molecular flexibility index (Phi) is 6.27. The zero-order chi connectivity index (χ0) is 20.1. The third kappa shape index (κ3) is 5.50. The smallest absolute Gasteiger partial charge is 0.415 e. The van der Waals surface area contributed by atoms with Gasteiger partial charge in [0.25, 0.3) is 0 Å². The molecule has 2 aromatic rings. The van der Waals surface area contributed by atoms with Gasteiger partial charge in [0.1, 0.15) is 11.4 Å². The van der Waals surface area contributed by atoms with E-state index in [1.807, 2.05) is 6.20 Å². The van der Waals surface area contributed by atoms with Crippen molar-refractivity contribution in [2.45, 2.75) is 70.9 Å². The fourth-order valence-corrected chi connectivity index (χ4v) is 3.44. The summed E-state index contributed by atoms with van der Waals surface area (Å²) in [5.41, 5.74) is 1.42. The summed E-state index contributed by atoms with van der Waals surface area (Å²) in [5.74, 6) is 0.0604. The molecule has 1 aromatic carbocycles. The fraction of sp³-hybridized carbons (Fsp3) is 0.500. The van der Waals surface area contributed by atoms with Gasteiger partial charge in [0, 0.05) is 12.1 Å². The van der Waals surface area contributed by atoms with Crippen molar-refractivity contribution in [1.82, 2.24) is 9.97 Å². The van der Waals surface area contributed by atoms with Crippen LogP contribution in [0.5, 0.6) is 0 Å². The molecule has 1 aliphatic rings. The molecule has 0 saturated heterocycles. The quantitative estimate of drug-likeness (QED) is 0.687. The van der Waals surface area contributed by atoms with E-state index in [1.165, 1.54) is 36.3 Å². The molecule has 5 nitrogen and oxygen atoms in total. The number of halogens is 1. The van der Waals surface area contributed by atoms with E-state index in [0.29, 0.717) is 17.3 Å². The lowest BCUT2D eigenvalue weighted by Gasteiger charge is -2.27. The highest BCUT2D eigenvalue weighted by Gasteiger charge is 2.25. The van der Waals surface area contributed by atoms with Crippen LogP contribution >= 0.6 is 0 Å². The highest BCUT2D eigenvalue weighted by Crippen LogP contribution is 2.31. The van der Waals surface area contributed by atoms with Gasteiger partial charge in [0.2, 0.25) is 0 Å². The Bertz CT molecular complexity index is 796. The van der Waals surface area contributed by atoms with Crippen LogP contribution in [-0.2, 0) is 11.3 Å². The minimum absolute atomic E-state index is 0.163. The maximum Gasteiger partial charge on any atom is 0.415 e.